The van der Waals surface area contributed by atoms with Crippen LogP contribution in [0.15, 0.2) is 47.3 Å². The van der Waals surface area contributed by atoms with Crippen molar-refractivity contribution in [1.82, 2.24) is 9.13 Å². The molecule has 0 aliphatic carbocycles. The molecule has 3 N–H and O–H groups in total. The summed E-state index contributed by atoms with van der Waals surface area (Å²) in [6.07, 6.45) is 0.242. The maximum Gasteiger partial charge on any atom is 0.333 e. The van der Waals surface area contributed by atoms with Gasteiger partial charge in [-0.25, -0.2) is 4.79 Å². The van der Waals surface area contributed by atoms with Crippen LogP contribution in [0.2, 0.25) is 0 Å². The number of anilines is 1. The maximum absolute atomic E-state index is 12.7. The molecule has 0 aliphatic rings. The highest BCUT2D eigenvalue weighted by molar-refractivity contribution is 5.82. The Labute approximate surface area is 150 Å². The van der Waals surface area contributed by atoms with Crippen LogP contribution in [-0.4, -0.2) is 40.3 Å². The Morgan fingerprint density at radius 2 is 1.81 bits per heavy atom. The summed E-state index contributed by atoms with van der Waals surface area (Å²) < 4.78 is 3.27. The quantitative estimate of drug-likeness (QED) is 0.721. The molecule has 1 heterocycles. The van der Waals surface area contributed by atoms with Crippen LogP contribution in [-0.2, 0) is 18.3 Å². The van der Waals surface area contributed by atoms with Gasteiger partial charge in [0.1, 0.15) is 6.04 Å². The van der Waals surface area contributed by atoms with E-state index in [1.54, 1.807) is 28.3 Å². The molecule has 26 heavy (non-hydrogen) atoms. The molecule has 3 aromatic rings. The molecule has 136 valence electrons. The van der Waals surface area contributed by atoms with E-state index >= 15 is 0 Å². The van der Waals surface area contributed by atoms with Crippen molar-refractivity contribution in [2.45, 2.75) is 12.5 Å². The summed E-state index contributed by atoms with van der Waals surface area (Å²) in [5.41, 5.74) is 9.66. The van der Waals surface area contributed by atoms with Gasteiger partial charge in [-0.3, -0.25) is 13.9 Å². The minimum absolute atomic E-state index is 0.133. The van der Waals surface area contributed by atoms with Gasteiger partial charge in [0.2, 0.25) is 0 Å². The molecule has 7 heteroatoms. The average Bonchev–Trinajstić information content (AvgIpc) is 2.86. The Balaban J connectivity index is 2.04. The van der Waals surface area contributed by atoms with Gasteiger partial charge in [0.15, 0.2) is 0 Å². The lowest BCUT2D eigenvalue weighted by Crippen LogP contribution is -2.32. The first-order valence-electron chi connectivity index (χ1n) is 8.26. The number of benzene rings is 2. The van der Waals surface area contributed by atoms with Crippen LogP contribution in [0.1, 0.15) is 5.56 Å². The summed E-state index contributed by atoms with van der Waals surface area (Å²) in [6.45, 7) is 0. The summed E-state index contributed by atoms with van der Waals surface area (Å²) in [5, 5.41) is 8.92. The number of carboxylic acid groups (broad SMARTS) is 1. The number of hydrogen-bond donors (Lipinski definition) is 2. The third-order valence-electron chi connectivity index (χ3n) is 4.52. The van der Waals surface area contributed by atoms with Gasteiger partial charge in [0.05, 0.1) is 16.7 Å². The molecule has 0 aliphatic heterocycles. The predicted octanol–water partition coefficient (Wildman–Crippen LogP) is 1.35. The topological polar surface area (TPSA) is 93.5 Å². The minimum atomic E-state index is -1.03. The molecule has 0 spiro atoms. The van der Waals surface area contributed by atoms with Crippen LogP contribution >= 0.6 is 0 Å². The van der Waals surface area contributed by atoms with Crippen molar-refractivity contribution in [2.24, 2.45) is 12.8 Å². The summed E-state index contributed by atoms with van der Waals surface area (Å²) >= 11 is 0. The fraction of sp³-hybridized carbons (Fsp3) is 0.263. The summed E-state index contributed by atoms with van der Waals surface area (Å²) in [7, 11) is 5.66. The van der Waals surface area contributed by atoms with Crippen molar-refractivity contribution < 1.29 is 9.90 Å². The van der Waals surface area contributed by atoms with Crippen molar-refractivity contribution >= 4 is 22.7 Å². The zero-order chi connectivity index (χ0) is 19.0. The van der Waals surface area contributed by atoms with E-state index in [1.807, 2.05) is 49.3 Å². The number of imidazole rings is 1. The van der Waals surface area contributed by atoms with Crippen LogP contribution in [0.25, 0.3) is 16.7 Å². The predicted molar refractivity (Wildman–Crippen MR) is 102 cm³/mol. The van der Waals surface area contributed by atoms with E-state index in [0.29, 0.717) is 0 Å². The number of nitrogens with zero attached hydrogens (tertiary/aromatic N) is 3. The normalized spacial score (nSPS) is 12.3. The van der Waals surface area contributed by atoms with E-state index in [0.717, 1.165) is 28.0 Å². The Morgan fingerprint density at radius 3 is 2.38 bits per heavy atom. The van der Waals surface area contributed by atoms with Crippen molar-refractivity contribution in [2.75, 3.05) is 19.0 Å². The van der Waals surface area contributed by atoms with Crippen LogP contribution in [0.3, 0.4) is 0 Å². The molecule has 1 aromatic heterocycles. The lowest BCUT2D eigenvalue weighted by atomic mass is 10.1. The van der Waals surface area contributed by atoms with Crippen molar-refractivity contribution in [1.29, 1.82) is 0 Å². The van der Waals surface area contributed by atoms with Crippen LogP contribution in [0, 0.1) is 0 Å². The van der Waals surface area contributed by atoms with Crippen LogP contribution in [0.5, 0.6) is 0 Å². The third-order valence-corrected chi connectivity index (χ3v) is 4.52. The molecular weight excluding hydrogens is 332 g/mol. The number of aliphatic carboxylic acids is 1. The highest BCUT2D eigenvalue weighted by atomic mass is 16.4. The van der Waals surface area contributed by atoms with E-state index in [1.165, 1.54) is 0 Å². The minimum Gasteiger partial charge on any atom is -0.480 e. The first-order valence-corrected chi connectivity index (χ1v) is 8.26. The highest BCUT2D eigenvalue weighted by Gasteiger charge is 2.15. The number of aromatic nitrogens is 2. The van der Waals surface area contributed by atoms with Gasteiger partial charge < -0.3 is 15.7 Å². The Kier molecular flexibility index (Phi) is 4.56. The molecule has 1 unspecified atom stereocenters. The first-order chi connectivity index (χ1) is 12.3. The molecule has 0 radical (unpaired) electrons. The Hall–Kier alpha value is -3.06. The highest BCUT2D eigenvalue weighted by Crippen LogP contribution is 2.22. The molecule has 0 saturated heterocycles. The Bertz CT molecular complexity index is 1020. The fourth-order valence-electron chi connectivity index (χ4n) is 2.98. The maximum atomic E-state index is 12.7. The molecule has 0 fully saturated rings. The van der Waals surface area contributed by atoms with E-state index in [-0.39, 0.29) is 12.1 Å². The smallest absolute Gasteiger partial charge is 0.333 e. The van der Waals surface area contributed by atoms with E-state index in [9.17, 15) is 9.59 Å². The number of carboxylic acids is 1. The number of aryl methyl sites for hydroxylation is 1. The summed E-state index contributed by atoms with van der Waals surface area (Å²) in [6, 6.07) is 12.2. The molecule has 3 rings (SSSR count). The number of nitrogens with two attached hydrogens (primary N) is 1. The van der Waals surface area contributed by atoms with Gasteiger partial charge in [-0.05, 0) is 42.3 Å². The average molecular weight is 354 g/mol. The van der Waals surface area contributed by atoms with Gasteiger partial charge in [0.25, 0.3) is 0 Å². The molecule has 1 atom stereocenters. The largest absolute Gasteiger partial charge is 0.480 e. The number of carbonyl (C=O) groups is 1. The third kappa shape index (κ3) is 3.09. The number of fused-ring (bicyclic) bond motifs is 1. The van der Waals surface area contributed by atoms with Gasteiger partial charge >= 0.3 is 11.7 Å². The van der Waals surface area contributed by atoms with E-state index < -0.39 is 12.0 Å². The van der Waals surface area contributed by atoms with Gasteiger partial charge in [-0.15, -0.1) is 0 Å². The SMILES string of the molecule is CN(C)c1ccc2c(c1)n(C)c(=O)n2-c1ccc(CC(N)C(=O)O)cc1. The zero-order valence-electron chi connectivity index (χ0n) is 15.0. The fourth-order valence-corrected chi connectivity index (χ4v) is 2.98. The molecule has 7 nitrogen and oxygen atoms in total. The number of rotatable bonds is 5. The lowest BCUT2D eigenvalue weighted by Gasteiger charge is -2.12. The van der Waals surface area contributed by atoms with Crippen molar-refractivity contribution in [3.05, 3.63) is 58.5 Å². The number of hydrogen-bond acceptors (Lipinski definition) is 4. The second kappa shape index (κ2) is 6.68. The van der Waals surface area contributed by atoms with Crippen LogP contribution < -0.4 is 16.3 Å². The molecule has 0 amide bonds. The zero-order valence-corrected chi connectivity index (χ0v) is 15.0. The van der Waals surface area contributed by atoms with E-state index in [4.69, 9.17) is 10.8 Å². The lowest BCUT2D eigenvalue weighted by molar-refractivity contribution is -0.138. The summed E-state index contributed by atoms with van der Waals surface area (Å²) in [4.78, 5) is 25.6. The first kappa shape index (κ1) is 17.8. The molecule has 0 saturated carbocycles. The van der Waals surface area contributed by atoms with Gasteiger partial charge in [-0.1, -0.05) is 12.1 Å². The van der Waals surface area contributed by atoms with Gasteiger partial charge in [-0.2, -0.15) is 0 Å². The second-order valence-corrected chi connectivity index (χ2v) is 6.56. The summed E-state index contributed by atoms with van der Waals surface area (Å²) in [5.74, 6) is -1.03. The van der Waals surface area contributed by atoms with E-state index in [2.05, 4.69) is 0 Å². The Morgan fingerprint density at radius 1 is 1.15 bits per heavy atom. The monoisotopic (exact) mass is 354 g/mol. The van der Waals surface area contributed by atoms with Crippen molar-refractivity contribution in [3.8, 4) is 5.69 Å². The molecule has 2 aromatic carbocycles. The second-order valence-electron chi connectivity index (χ2n) is 6.56. The van der Waals surface area contributed by atoms with Crippen LogP contribution in [0.4, 0.5) is 5.69 Å². The van der Waals surface area contributed by atoms with Crippen molar-refractivity contribution in [3.63, 3.8) is 0 Å². The van der Waals surface area contributed by atoms with Gasteiger partial charge in [0, 0.05) is 26.8 Å². The molecule has 0 bridgehead atoms. The molecular formula is C19H22N4O3. The standard InChI is InChI=1S/C19H22N4O3/c1-21(2)14-8-9-16-17(11-14)22(3)19(26)23(16)13-6-4-12(5-7-13)10-15(20)18(24)25/h4-9,11,15H,10,20H2,1-3H3,(H,24,25).